The van der Waals surface area contributed by atoms with Gasteiger partial charge in [-0.3, -0.25) is 9.59 Å². The van der Waals surface area contributed by atoms with Crippen molar-refractivity contribution in [2.24, 2.45) is 5.92 Å². The van der Waals surface area contributed by atoms with Crippen LogP contribution in [0.1, 0.15) is 17.5 Å². The molecule has 1 heterocycles. The summed E-state index contributed by atoms with van der Waals surface area (Å²) in [5, 5.41) is 3.52. The highest BCUT2D eigenvalue weighted by Crippen LogP contribution is 2.31. The topological polar surface area (TPSA) is 58.6 Å². The van der Waals surface area contributed by atoms with Gasteiger partial charge in [0.25, 0.3) is 0 Å². The summed E-state index contributed by atoms with van der Waals surface area (Å²) in [6, 6.07) is 13.0. The molecule has 2 aromatic rings. The monoisotopic (exact) mass is 372 g/mol. The minimum atomic E-state index is -0.379. The first-order valence-electron chi connectivity index (χ1n) is 8.46. The lowest BCUT2D eigenvalue weighted by Gasteiger charge is -2.19. The molecule has 6 heteroatoms. The van der Waals surface area contributed by atoms with Crippen molar-refractivity contribution >= 4 is 29.1 Å². The lowest BCUT2D eigenvalue weighted by Crippen LogP contribution is -2.32. The average molecular weight is 373 g/mol. The Morgan fingerprint density at radius 3 is 2.81 bits per heavy atom. The van der Waals surface area contributed by atoms with Crippen LogP contribution in [-0.2, 0) is 16.1 Å². The largest absolute Gasteiger partial charge is 0.496 e. The van der Waals surface area contributed by atoms with E-state index in [1.165, 1.54) is 0 Å². The Labute approximate surface area is 157 Å². The number of amides is 2. The number of carbonyl (C=O) groups is 2. The van der Waals surface area contributed by atoms with E-state index in [4.69, 9.17) is 16.3 Å². The molecular formula is C20H21ClN2O3. The second-order valence-corrected chi connectivity index (χ2v) is 6.73. The summed E-state index contributed by atoms with van der Waals surface area (Å²) >= 11 is 6.16. The molecule has 0 bridgehead atoms. The van der Waals surface area contributed by atoms with Crippen molar-refractivity contribution < 1.29 is 14.3 Å². The first-order chi connectivity index (χ1) is 12.5. The van der Waals surface area contributed by atoms with E-state index >= 15 is 0 Å². The molecule has 1 aliphatic rings. The average Bonchev–Trinajstić information content (AvgIpc) is 3.04. The molecule has 0 radical (unpaired) electrons. The van der Waals surface area contributed by atoms with Crippen LogP contribution in [0.4, 0.5) is 5.69 Å². The van der Waals surface area contributed by atoms with E-state index in [0.717, 1.165) is 22.6 Å². The Kier molecular flexibility index (Phi) is 5.47. The predicted octanol–water partition coefficient (Wildman–Crippen LogP) is 3.33. The Bertz CT molecular complexity index is 838. The third-order valence-electron chi connectivity index (χ3n) is 4.67. The van der Waals surface area contributed by atoms with Gasteiger partial charge in [-0.2, -0.15) is 0 Å². The molecule has 0 spiro atoms. The van der Waals surface area contributed by atoms with Crippen molar-refractivity contribution in [1.29, 1.82) is 0 Å². The summed E-state index contributed by atoms with van der Waals surface area (Å²) in [6.45, 7) is 2.60. The first-order valence-corrected chi connectivity index (χ1v) is 8.84. The number of methoxy groups -OCH3 is 1. The Balaban J connectivity index is 1.66. The fourth-order valence-electron chi connectivity index (χ4n) is 3.18. The number of ether oxygens (including phenoxy) is 1. The smallest absolute Gasteiger partial charge is 0.227 e. The van der Waals surface area contributed by atoms with Crippen LogP contribution in [0, 0.1) is 12.8 Å². The van der Waals surface area contributed by atoms with E-state index in [2.05, 4.69) is 5.32 Å². The van der Waals surface area contributed by atoms with Crippen LogP contribution < -0.4 is 15.0 Å². The second-order valence-electron chi connectivity index (χ2n) is 6.32. The SMILES string of the molecule is COc1ccccc1CNC(=O)C1CC(=O)N(c2cccc(Cl)c2C)C1. The number of hydrogen-bond acceptors (Lipinski definition) is 3. The van der Waals surface area contributed by atoms with Gasteiger partial charge in [-0.1, -0.05) is 35.9 Å². The lowest BCUT2D eigenvalue weighted by molar-refractivity contribution is -0.126. The highest BCUT2D eigenvalue weighted by Gasteiger charge is 2.35. The van der Waals surface area contributed by atoms with Crippen molar-refractivity contribution in [3.63, 3.8) is 0 Å². The molecule has 1 unspecified atom stereocenters. The number of nitrogens with zero attached hydrogens (tertiary/aromatic N) is 1. The number of carbonyl (C=O) groups excluding carboxylic acids is 2. The van der Waals surface area contributed by atoms with Crippen LogP contribution in [0.3, 0.4) is 0 Å². The van der Waals surface area contributed by atoms with Gasteiger partial charge in [0, 0.05) is 35.8 Å². The van der Waals surface area contributed by atoms with Crippen LogP contribution in [0.5, 0.6) is 5.75 Å². The Morgan fingerprint density at radius 2 is 2.04 bits per heavy atom. The van der Waals surface area contributed by atoms with E-state index in [-0.39, 0.29) is 24.2 Å². The Hall–Kier alpha value is -2.53. The van der Waals surface area contributed by atoms with Gasteiger partial charge in [0.05, 0.1) is 13.0 Å². The van der Waals surface area contributed by atoms with Crippen molar-refractivity contribution in [2.75, 3.05) is 18.6 Å². The summed E-state index contributed by atoms with van der Waals surface area (Å²) in [5.74, 6) is 0.154. The highest BCUT2D eigenvalue weighted by molar-refractivity contribution is 6.31. The van der Waals surface area contributed by atoms with Gasteiger partial charge in [0.1, 0.15) is 5.75 Å². The van der Waals surface area contributed by atoms with Gasteiger partial charge < -0.3 is 15.0 Å². The summed E-state index contributed by atoms with van der Waals surface area (Å²) in [6.07, 6.45) is 0.198. The molecule has 1 atom stereocenters. The van der Waals surface area contributed by atoms with Crippen molar-refractivity contribution in [3.8, 4) is 5.75 Å². The number of para-hydroxylation sites is 1. The molecule has 1 N–H and O–H groups in total. The summed E-state index contributed by atoms with van der Waals surface area (Å²) < 4.78 is 5.29. The molecule has 26 heavy (non-hydrogen) atoms. The standard InChI is InChI=1S/C20H21ClN2O3/c1-13-16(21)7-5-8-17(13)23-12-15(10-19(23)24)20(25)22-11-14-6-3-4-9-18(14)26-2/h3-9,15H,10-12H2,1-2H3,(H,22,25). The van der Waals surface area contributed by atoms with Gasteiger partial charge >= 0.3 is 0 Å². The number of nitrogens with one attached hydrogen (secondary N) is 1. The molecule has 3 rings (SSSR count). The fourth-order valence-corrected chi connectivity index (χ4v) is 3.35. The van der Waals surface area contributed by atoms with Crippen LogP contribution in [0.25, 0.3) is 0 Å². The zero-order valence-electron chi connectivity index (χ0n) is 14.8. The van der Waals surface area contributed by atoms with Gasteiger partial charge in [-0.25, -0.2) is 0 Å². The molecule has 2 aromatic carbocycles. The fraction of sp³-hybridized carbons (Fsp3) is 0.300. The van der Waals surface area contributed by atoms with Crippen molar-refractivity contribution in [3.05, 3.63) is 58.6 Å². The van der Waals surface area contributed by atoms with E-state index < -0.39 is 0 Å². The van der Waals surface area contributed by atoms with Crippen LogP contribution in [0.15, 0.2) is 42.5 Å². The molecule has 0 aliphatic carbocycles. The number of benzene rings is 2. The summed E-state index contributed by atoms with van der Waals surface area (Å²) in [4.78, 5) is 26.6. The van der Waals surface area contributed by atoms with E-state index in [0.29, 0.717) is 18.1 Å². The van der Waals surface area contributed by atoms with E-state index in [9.17, 15) is 9.59 Å². The van der Waals surface area contributed by atoms with Gasteiger partial charge in [-0.15, -0.1) is 0 Å². The minimum Gasteiger partial charge on any atom is -0.496 e. The van der Waals surface area contributed by atoms with E-state index in [1.807, 2.05) is 43.3 Å². The molecule has 136 valence electrons. The number of anilines is 1. The maximum Gasteiger partial charge on any atom is 0.227 e. The van der Waals surface area contributed by atoms with Crippen LogP contribution >= 0.6 is 11.6 Å². The van der Waals surface area contributed by atoms with Crippen molar-refractivity contribution in [2.45, 2.75) is 19.9 Å². The molecule has 2 amide bonds. The second kappa shape index (κ2) is 7.79. The third-order valence-corrected chi connectivity index (χ3v) is 5.08. The first kappa shape index (κ1) is 18.3. The zero-order chi connectivity index (χ0) is 18.7. The molecule has 0 saturated carbocycles. The van der Waals surface area contributed by atoms with Gasteiger partial charge in [-0.05, 0) is 30.7 Å². The maximum absolute atomic E-state index is 12.5. The molecular weight excluding hydrogens is 352 g/mol. The number of hydrogen-bond donors (Lipinski definition) is 1. The van der Waals surface area contributed by atoms with Gasteiger partial charge in [0.15, 0.2) is 0 Å². The molecule has 1 fully saturated rings. The number of rotatable bonds is 5. The maximum atomic E-state index is 12.5. The van der Waals surface area contributed by atoms with Crippen molar-refractivity contribution in [1.82, 2.24) is 5.32 Å². The highest BCUT2D eigenvalue weighted by atomic mass is 35.5. The predicted molar refractivity (Wildman–Crippen MR) is 101 cm³/mol. The quantitative estimate of drug-likeness (QED) is 0.875. The molecule has 0 aromatic heterocycles. The Morgan fingerprint density at radius 1 is 1.27 bits per heavy atom. The summed E-state index contributed by atoms with van der Waals surface area (Å²) in [7, 11) is 1.60. The zero-order valence-corrected chi connectivity index (χ0v) is 15.5. The summed E-state index contributed by atoms with van der Waals surface area (Å²) in [5.41, 5.74) is 2.51. The van der Waals surface area contributed by atoms with Gasteiger partial charge in [0.2, 0.25) is 11.8 Å². The number of halogens is 1. The normalized spacial score (nSPS) is 16.7. The molecule has 1 saturated heterocycles. The van der Waals surface area contributed by atoms with Crippen LogP contribution in [-0.4, -0.2) is 25.5 Å². The third kappa shape index (κ3) is 3.68. The minimum absolute atomic E-state index is 0.0622. The lowest BCUT2D eigenvalue weighted by atomic mass is 10.1. The molecule has 1 aliphatic heterocycles. The van der Waals surface area contributed by atoms with E-state index in [1.54, 1.807) is 18.1 Å². The molecule has 5 nitrogen and oxygen atoms in total. The van der Waals surface area contributed by atoms with Crippen LogP contribution in [0.2, 0.25) is 5.02 Å².